The fraction of sp³-hybridized carbons (Fsp3) is 0. The van der Waals surface area contributed by atoms with E-state index in [1.54, 1.807) is 12.1 Å². The quantitative estimate of drug-likeness (QED) is 0.122. The third kappa shape index (κ3) is 10.7. The molecule has 4 heterocycles. The third-order valence-corrected chi connectivity index (χ3v) is 20.3. The summed E-state index contributed by atoms with van der Waals surface area (Å²) in [5.41, 5.74) is 24.2. The lowest BCUT2D eigenvalue weighted by molar-refractivity contribution is 0.627. The number of nitrogens with zero attached hydrogens (tertiary/aromatic N) is 6. The van der Waals surface area contributed by atoms with Gasteiger partial charge in [0.15, 0.2) is 0 Å². The van der Waals surface area contributed by atoms with Crippen LogP contribution in [0.25, 0.3) is 132 Å². The van der Waals surface area contributed by atoms with Crippen LogP contribution < -0.4 is 9.80 Å². The van der Waals surface area contributed by atoms with E-state index in [9.17, 15) is 8.78 Å². The van der Waals surface area contributed by atoms with Crippen LogP contribution in [0.1, 0.15) is 0 Å². The van der Waals surface area contributed by atoms with Crippen LogP contribution >= 0.6 is 0 Å². The van der Waals surface area contributed by atoms with Crippen molar-refractivity contribution in [1.29, 1.82) is 0 Å². The molecule has 0 aliphatic rings. The van der Waals surface area contributed by atoms with Gasteiger partial charge in [-0.25, -0.2) is 8.78 Å². The molecule has 4 aromatic heterocycles. The standard InChI is InChI=1S/2C48H32FN3/c49-35-12-11-17-40(32-35)50(36-13-3-1-4-14-36)38-24-26-39(27-25-38)52-46-21-10-8-19-42(46)44-31-34(23-29-48(44)52)33-22-28-47-43(30-33)41-18-7-9-20-45(41)51(47)37-15-5-2-6-16-37;49-35-21-23-38(24-22-35)50(36-11-3-1-4-12-36)39-25-27-40(28-26-39)52-46-18-10-8-16-42(46)44-32-34(20-30-48(44)52)33-19-29-47-43(31-33)41-15-7-9-17-45(41)51(47)37-13-5-2-6-14-37/h2*1-32H. The Balaban J connectivity index is 0.000000143. The average Bonchev–Trinajstić information content (AvgIpc) is 1.59. The Morgan fingerprint density at radius 3 is 0.740 bits per heavy atom. The molecule has 0 aliphatic carbocycles. The number of fused-ring (bicyclic) bond motifs is 12. The highest BCUT2D eigenvalue weighted by Crippen LogP contribution is 2.44. The van der Waals surface area contributed by atoms with Crippen LogP contribution in [-0.2, 0) is 0 Å². The zero-order valence-electron chi connectivity index (χ0n) is 56.4. The number of anilines is 6. The first kappa shape index (κ1) is 61.3. The summed E-state index contributed by atoms with van der Waals surface area (Å²) in [7, 11) is 0. The van der Waals surface area contributed by atoms with Crippen LogP contribution in [-0.4, -0.2) is 18.3 Å². The Morgan fingerprint density at radius 1 is 0.163 bits per heavy atom. The maximum Gasteiger partial charge on any atom is 0.125 e. The van der Waals surface area contributed by atoms with E-state index in [1.165, 1.54) is 106 Å². The number of hydrogen-bond acceptors (Lipinski definition) is 2. The highest BCUT2D eigenvalue weighted by molar-refractivity contribution is 6.15. The highest BCUT2D eigenvalue weighted by atomic mass is 19.1. The molecule has 0 atom stereocenters. The van der Waals surface area contributed by atoms with Crippen LogP contribution in [0.5, 0.6) is 0 Å². The monoisotopic (exact) mass is 1340 g/mol. The molecule has 0 spiro atoms. The number of hydrogen-bond donors (Lipinski definition) is 0. The number of rotatable bonds is 12. The van der Waals surface area contributed by atoms with Gasteiger partial charge in [0, 0.05) is 100.0 Å². The summed E-state index contributed by atoms with van der Waals surface area (Å²) in [4.78, 5) is 4.23. The Bertz CT molecular complexity index is 6600. The zero-order chi connectivity index (χ0) is 69.2. The van der Waals surface area contributed by atoms with E-state index >= 15 is 0 Å². The van der Waals surface area contributed by atoms with Crippen molar-refractivity contribution in [3.05, 3.63) is 400 Å². The summed E-state index contributed by atoms with van der Waals surface area (Å²) in [6.07, 6.45) is 0. The van der Waals surface area contributed by atoms with Gasteiger partial charge in [0.1, 0.15) is 11.6 Å². The minimum Gasteiger partial charge on any atom is -0.311 e. The first-order valence-electron chi connectivity index (χ1n) is 35.1. The Kier molecular flexibility index (Phi) is 15.2. The summed E-state index contributed by atoms with van der Waals surface area (Å²) in [5, 5.41) is 9.79. The predicted octanol–water partition coefficient (Wildman–Crippen LogP) is 26.3. The van der Waals surface area contributed by atoms with E-state index < -0.39 is 0 Å². The second-order valence-corrected chi connectivity index (χ2v) is 26.3. The van der Waals surface area contributed by atoms with Crippen molar-refractivity contribution in [2.75, 3.05) is 9.80 Å². The molecule has 8 heteroatoms. The van der Waals surface area contributed by atoms with Crippen molar-refractivity contribution in [2.24, 2.45) is 0 Å². The summed E-state index contributed by atoms with van der Waals surface area (Å²) < 4.78 is 37.7. The maximum absolute atomic E-state index is 14.4. The van der Waals surface area contributed by atoms with Crippen LogP contribution in [0.4, 0.5) is 42.9 Å². The van der Waals surface area contributed by atoms with Gasteiger partial charge in [-0.15, -0.1) is 0 Å². The number of halogens is 2. The molecule has 0 saturated heterocycles. The van der Waals surface area contributed by atoms with Gasteiger partial charge in [-0.3, -0.25) is 0 Å². The molecule has 20 rings (SSSR count). The molecule has 0 bridgehead atoms. The SMILES string of the molecule is Fc1ccc(N(c2ccccc2)c2ccc(-n3c4ccccc4c4cc(-c5ccc6c(c5)c5ccccc5n6-c5ccccc5)ccc43)cc2)cc1.Fc1cccc(N(c2ccccc2)c2ccc(-n3c4ccccc4c4cc(-c5ccc6c(c5)c5ccccc5n6-c5ccccc5)ccc43)cc2)c1. The van der Waals surface area contributed by atoms with Gasteiger partial charge in [-0.1, -0.05) is 176 Å². The molecule has 0 radical (unpaired) electrons. The first-order chi connectivity index (χ1) is 51.4. The number of para-hydroxylation sites is 8. The molecule has 0 N–H and O–H groups in total. The summed E-state index contributed by atoms with van der Waals surface area (Å²) in [6, 6.07) is 134. The normalized spacial score (nSPS) is 11.6. The van der Waals surface area contributed by atoms with Crippen LogP contribution in [0.15, 0.2) is 388 Å². The molecule has 0 unspecified atom stereocenters. The minimum atomic E-state index is -0.265. The molecule has 6 nitrogen and oxygen atoms in total. The first-order valence-corrected chi connectivity index (χ1v) is 35.1. The van der Waals surface area contributed by atoms with E-state index in [1.807, 2.05) is 66.7 Å². The van der Waals surface area contributed by atoms with Crippen LogP contribution in [0, 0.1) is 11.6 Å². The second kappa shape index (κ2) is 25.7. The average molecular weight is 1340 g/mol. The topological polar surface area (TPSA) is 26.2 Å². The summed E-state index contributed by atoms with van der Waals surface area (Å²) in [5.74, 6) is -0.517. The lowest BCUT2D eigenvalue weighted by Gasteiger charge is -2.25. The number of aromatic nitrogens is 4. The fourth-order valence-electron chi connectivity index (χ4n) is 15.6. The maximum atomic E-state index is 14.4. The van der Waals surface area contributed by atoms with E-state index in [-0.39, 0.29) is 11.6 Å². The largest absolute Gasteiger partial charge is 0.311 e. The zero-order valence-corrected chi connectivity index (χ0v) is 56.4. The minimum absolute atomic E-state index is 0.252. The van der Waals surface area contributed by atoms with Gasteiger partial charge in [0.25, 0.3) is 0 Å². The van der Waals surface area contributed by atoms with Crippen molar-refractivity contribution >= 4 is 121 Å². The van der Waals surface area contributed by atoms with Crippen molar-refractivity contribution in [2.45, 2.75) is 0 Å². The molecule has 0 saturated carbocycles. The second-order valence-electron chi connectivity index (χ2n) is 26.3. The molecule has 20 aromatic rings. The van der Waals surface area contributed by atoms with E-state index in [0.29, 0.717) is 0 Å². The summed E-state index contributed by atoms with van der Waals surface area (Å²) >= 11 is 0. The molecule has 0 aliphatic heterocycles. The van der Waals surface area contributed by atoms with Crippen molar-refractivity contribution in [3.63, 3.8) is 0 Å². The lowest BCUT2D eigenvalue weighted by Crippen LogP contribution is -2.10. The highest BCUT2D eigenvalue weighted by Gasteiger charge is 2.22. The third-order valence-electron chi connectivity index (χ3n) is 20.3. The number of benzene rings is 16. The molecular weight excluding hydrogens is 1280 g/mol. The van der Waals surface area contributed by atoms with Gasteiger partial charge in [0.2, 0.25) is 0 Å². The van der Waals surface area contributed by atoms with Crippen molar-refractivity contribution < 1.29 is 8.78 Å². The van der Waals surface area contributed by atoms with Crippen LogP contribution in [0.3, 0.4) is 0 Å². The molecule has 0 amide bonds. The van der Waals surface area contributed by atoms with Crippen molar-refractivity contribution in [3.8, 4) is 45.0 Å². The van der Waals surface area contributed by atoms with Gasteiger partial charge in [-0.05, 0) is 235 Å². The Morgan fingerprint density at radius 2 is 0.413 bits per heavy atom. The molecule has 0 fully saturated rings. The molecule has 104 heavy (non-hydrogen) atoms. The molecule has 16 aromatic carbocycles. The lowest BCUT2D eigenvalue weighted by atomic mass is 10.0. The van der Waals surface area contributed by atoms with Crippen molar-refractivity contribution in [1.82, 2.24) is 18.3 Å². The van der Waals surface area contributed by atoms with Gasteiger partial charge in [0.05, 0.1) is 44.1 Å². The van der Waals surface area contributed by atoms with Crippen LogP contribution in [0.2, 0.25) is 0 Å². The smallest absolute Gasteiger partial charge is 0.125 e. The van der Waals surface area contributed by atoms with E-state index in [0.717, 1.165) is 78.9 Å². The Labute approximate surface area is 599 Å². The van der Waals surface area contributed by atoms with Gasteiger partial charge >= 0.3 is 0 Å². The fourth-order valence-corrected chi connectivity index (χ4v) is 15.6. The molecular formula is C96H64F2N6. The Hall–Kier alpha value is -13.8. The molecule has 492 valence electrons. The summed E-state index contributed by atoms with van der Waals surface area (Å²) in [6.45, 7) is 0. The van der Waals surface area contributed by atoms with E-state index in [2.05, 4.69) is 319 Å². The van der Waals surface area contributed by atoms with Gasteiger partial charge < -0.3 is 28.1 Å². The van der Waals surface area contributed by atoms with E-state index in [4.69, 9.17) is 0 Å². The van der Waals surface area contributed by atoms with Gasteiger partial charge in [-0.2, -0.15) is 0 Å². The predicted molar refractivity (Wildman–Crippen MR) is 430 cm³/mol.